The van der Waals surface area contributed by atoms with Crippen molar-refractivity contribution in [1.29, 1.82) is 0 Å². The van der Waals surface area contributed by atoms with Gasteiger partial charge in [-0.3, -0.25) is 4.79 Å². The zero-order valence-electron chi connectivity index (χ0n) is 16.4. The Bertz CT molecular complexity index is 816. The Morgan fingerprint density at radius 3 is 2.07 bits per heavy atom. The molecular formula is C19H21F7N2O2. The van der Waals surface area contributed by atoms with Crippen molar-refractivity contribution in [2.24, 2.45) is 10.5 Å². The molecule has 0 spiro atoms. The second-order valence-electron chi connectivity index (χ2n) is 8.13. The van der Waals surface area contributed by atoms with Gasteiger partial charge in [-0.05, 0) is 12.0 Å². The van der Waals surface area contributed by atoms with Crippen LogP contribution in [0.25, 0.3) is 0 Å². The molecule has 168 valence electrons. The van der Waals surface area contributed by atoms with Crippen LogP contribution in [0.5, 0.6) is 0 Å². The van der Waals surface area contributed by atoms with Crippen LogP contribution in [0.3, 0.4) is 0 Å². The van der Waals surface area contributed by atoms with Crippen molar-refractivity contribution >= 4 is 11.6 Å². The maximum absolute atomic E-state index is 14.2. The maximum Gasteiger partial charge on any atom is 0.460 e. The summed E-state index contributed by atoms with van der Waals surface area (Å²) in [7, 11) is 0. The van der Waals surface area contributed by atoms with Gasteiger partial charge in [-0.1, -0.05) is 51.1 Å². The fourth-order valence-corrected chi connectivity index (χ4v) is 2.93. The minimum Gasteiger partial charge on any atom is -0.368 e. The number of aryl methyl sites for hydroxylation is 1. The van der Waals surface area contributed by atoms with Crippen LogP contribution in [0.15, 0.2) is 35.4 Å². The molecule has 1 aliphatic rings. The van der Waals surface area contributed by atoms with Crippen LogP contribution >= 0.6 is 0 Å². The van der Waals surface area contributed by atoms with Gasteiger partial charge in [0.05, 0.1) is 0 Å². The smallest absolute Gasteiger partial charge is 0.368 e. The van der Waals surface area contributed by atoms with Crippen molar-refractivity contribution in [2.75, 3.05) is 0 Å². The average molecular weight is 442 g/mol. The van der Waals surface area contributed by atoms with E-state index >= 15 is 0 Å². The number of halogens is 7. The number of hydrogen-bond acceptors (Lipinski definition) is 3. The zero-order valence-corrected chi connectivity index (χ0v) is 16.4. The number of amides is 1. The van der Waals surface area contributed by atoms with Gasteiger partial charge in [-0.15, -0.1) is 0 Å². The fourth-order valence-electron chi connectivity index (χ4n) is 2.93. The third kappa shape index (κ3) is 4.03. The average Bonchev–Trinajstić information content (AvgIpc) is 2.99. The van der Waals surface area contributed by atoms with Gasteiger partial charge in [-0.2, -0.15) is 35.8 Å². The monoisotopic (exact) mass is 442 g/mol. The van der Waals surface area contributed by atoms with Gasteiger partial charge >= 0.3 is 18.0 Å². The maximum atomic E-state index is 14.2. The molecule has 1 aromatic carbocycles. The van der Waals surface area contributed by atoms with Gasteiger partial charge in [0.15, 0.2) is 5.72 Å². The second-order valence-corrected chi connectivity index (χ2v) is 8.13. The third-order valence-electron chi connectivity index (χ3n) is 5.01. The molecular weight excluding hydrogens is 421 g/mol. The molecule has 1 N–H and O–H groups in total. The molecule has 0 radical (unpaired) electrons. The summed E-state index contributed by atoms with van der Waals surface area (Å²) >= 11 is 0. The van der Waals surface area contributed by atoms with Gasteiger partial charge in [0.2, 0.25) is 5.91 Å². The lowest BCUT2D eigenvalue weighted by Gasteiger charge is -2.42. The lowest BCUT2D eigenvalue weighted by molar-refractivity contribution is -0.336. The van der Waals surface area contributed by atoms with Crippen molar-refractivity contribution in [3.05, 3.63) is 35.9 Å². The Labute approximate surface area is 168 Å². The topological polar surface area (TPSA) is 52.9 Å². The molecule has 0 saturated heterocycles. The van der Waals surface area contributed by atoms with Crippen LogP contribution in [-0.4, -0.2) is 45.5 Å². The summed E-state index contributed by atoms with van der Waals surface area (Å²) in [5.41, 5.74) is -5.11. The van der Waals surface area contributed by atoms with Crippen molar-refractivity contribution in [3.8, 4) is 0 Å². The van der Waals surface area contributed by atoms with Gasteiger partial charge in [0.25, 0.3) is 0 Å². The standard InChI is InChI=1S/C19H21F7N2O2/c1-15(2,3)16(30)11-13(17(20,21)18(22,23)19(24,25)26)27-28(16)14(29)10-9-12-7-5-4-6-8-12/h4-8,30H,9-11H2,1-3H3/t16-/m0/s1. The highest BCUT2D eigenvalue weighted by molar-refractivity contribution is 5.96. The Kier molecular flexibility index (Phi) is 6.03. The molecule has 2 rings (SSSR count). The lowest BCUT2D eigenvalue weighted by Crippen LogP contribution is -2.58. The summed E-state index contributed by atoms with van der Waals surface area (Å²) < 4.78 is 92.9. The molecule has 0 unspecified atom stereocenters. The van der Waals surface area contributed by atoms with Crippen LogP contribution in [0.1, 0.15) is 39.2 Å². The van der Waals surface area contributed by atoms with E-state index in [0.29, 0.717) is 5.56 Å². The molecule has 0 fully saturated rings. The number of carbonyl (C=O) groups excluding carboxylic acids is 1. The van der Waals surface area contributed by atoms with E-state index < -0.39 is 47.2 Å². The largest absolute Gasteiger partial charge is 0.460 e. The quantitative estimate of drug-likeness (QED) is 0.668. The number of hydrazone groups is 1. The van der Waals surface area contributed by atoms with Crippen LogP contribution in [0.4, 0.5) is 30.7 Å². The van der Waals surface area contributed by atoms with E-state index in [1.165, 1.54) is 20.8 Å². The Morgan fingerprint density at radius 1 is 1.07 bits per heavy atom. The van der Waals surface area contributed by atoms with E-state index in [9.17, 15) is 40.6 Å². The summed E-state index contributed by atoms with van der Waals surface area (Å²) in [5, 5.41) is 14.2. The first kappa shape index (κ1) is 24.1. The summed E-state index contributed by atoms with van der Waals surface area (Å²) in [6.45, 7) is 3.97. The highest BCUT2D eigenvalue weighted by Crippen LogP contribution is 2.51. The molecule has 1 aliphatic heterocycles. The molecule has 0 aliphatic carbocycles. The number of carbonyl (C=O) groups is 1. The highest BCUT2D eigenvalue weighted by Gasteiger charge is 2.76. The molecule has 30 heavy (non-hydrogen) atoms. The van der Waals surface area contributed by atoms with Gasteiger partial charge in [0.1, 0.15) is 5.71 Å². The summed E-state index contributed by atoms with van der Waals surface area (Å²) in [6, 6.07) is 8.47. The number of alkyl halides is 7. The minimum atomic E-state index is -6.55. The minimum absolute atomic E-state index is 0.121. The molecule has 4 nitrogen and oxygen atoms in total. The predicted molar refractivity (Wildman–Crippen MR) is 94.0 cm³/mol. The van der Waals surface area contributed by atoms with Gasteiger partial charge in [0, 0.05) is 18.3 Å². The van der Waals surface area contributed by atoms with Crippen molar-refractivity contribution in [2.45, 2.75) is 63.8 Å². The van der Waals surface area contributed by atoms with E-state index in [0.717, 1.165) is 0 Å². The first-order chi connectivity index (χ1) is 13.4. The Hall–Kier alpha value is -2.17. The molecule has 0 bridgehead atoms. The third-order valence-corrected chi connectivity index (χ3v) is 5.01. The molecule has 1 amide bonds. The van der Waals surface area contributed by atoms with Crippen molar-refractivity contribution in [3.63, 3.8) is 0 Å². The van der Waals surface area contributed by atoms with Crippen molar-refractivity contribution < 1.29 is 40.6 Å². The van der Waals surface area contributed by atoms with E-state index in [2.05, 4.69) is 5.10 Å². The second kappa shape index (κ2) is 7.51. The summed E-state index contributed by atoms with van der Waals surface area (Å²) in [6.07, 6.45) is -8.12. The zero-order chi connectivity index (χ0) is 23.2. The Morgan fingerprint density at radius 2 is 1.60 bits per heavy atom. The molecule has 11 heteroatoms. The van der Waals surface area contributed by atoms with E-state index in [1.807, 2.05) is 0 Å². The van der Waals surface area contributed by atoms with Crippen LogP contribution in [0, 0.1) is 5.41 Å². The SMILES string of the molecule is CC(C)(C)[C@@]1(O)CC(C(F)(F)C(F)(F)C(F)(F)F)=NN1C(=O)CCc1ccccc1. The summed E-state index contributed by atoms with van der Waals surface area (Å²) in [5.74, 6) is -13.2. The van der Waals surface area contributed by atoms with E-state index in [1.54, 1.807) is 30.3 Å². The normalized spacial score (nSPS) is 21.0. The number of rotatable bonds is 5. The van der Waals surface area contributed by atoms with Gasteiger partial charge < -0.3 is 5.11 Å². The molecule has 1 atom stereocenters. The predicted octanol–water partition coefficient (Wildman–Crippen LogP) is 4.78. The van der Waals surface area contributed by atoms with Crippen LogP contribution < -0.4 is 0 Å². The van der Waals surface area contributed by atoms with Crippen molar-refractivity contribution in [1.82, 2.24) is 5.01 Å². The van der Waals surface area contributed by atoms with Crippen LogP contribution in [0.2, 0.25) is 0 Å². The fraction of sp³-hybridized carbons (Fsp3) is 0.579. The molecule has 0 aromatic heterocycles. The number of hydrogen-bond donors (Lipinski definition) is 1. The van der Waals surface area contributed by atoms with E-state index in [4.69, 9.17) is 0 Å². The Balaban J connectivity index is 2.39. The lowest BCUT2D eigenvalue weighted by atomic mass is 9.79. The number of nitrogens with zero attached hydrogens (tertiary/aromatic N) is 2. The van der Waals surface area contributed by atoms with Crippen LogP contribution in [-0.2, 0) is 11.2 Å². The summed E-state index contributed by atoms with van der Waals surface area (Å²) in [4.78, 5) is 12.6. The van der Waals surface area contributed by atoms with E-state index in [-0.39, 0.29) is 17.9 Å². The first-order valence-electron chi connectivity index (χ1n) is 8.95. The molecule has 1 heterocycles. The number of benzene rings is 1. The van der Waals surface area contributed by atoms with Gasteiger partial charge in [-0.25, -0.2) is 5.01 Å². The highest BCUT2D eigenvalue weighted by atomic mass is 19.4. The molecule has 1 aromatic rings. The number of aliphatic hydroxyl groups is 1. The molecule has 0 saturated carbocycles. The first-order valence-corrected chi connectivity index (χ1v) is 8.95.